The number of rotatable bonds is 4. The number of hydrogen-bond acceptors (Lipinski definition) is 3. The molecule has 0 N–H and O–H groups in total. The summed E-state index contributed by atoms with van der Waals surface area (Å²) in [6.45, 7) is 0. The standard InChI is InChI=1S/C44H28N2O2/c1-4-15-29(16-5-1)44(30-17-6-2-7-18-30)35-23-11-10-21-32(35)34-27-40-41(28-36(34)44)47-39-26-14-22-33(42(39)48-40)43-45-37-24-12-13-25-38(37)46(43)31-19-8-3-9-20-31/h1-28H. The van der Waals surface area contributed by atoms with Crippen LogP contribution in [-0.2, 0) is 5.41 Å². The Morgan fingerprint density at radius 2 is 1.08 bits per heavy atom. The van der Waals surface area contributed by atoms with E-state index in [1.165, 1.54) is 27.8 Å². The third kappa shape index (κ3) is 3.74. The molecule has 1 aliphatic carbocycles. The molecule has 4 heteroatoms. The van der Waals surface area contributed by atoms with Gasteiger partial charge in [0, 0.05) is 5.69 Å². The number of nitrogens with zero attached hydrogens (tertiary/aromatic N) is 2. The van der Waals surface area contributed by atoms with E-state index in [1.54, 1.807) is 0 Å². The van der Waals surface area contributed by atoms with Crippen LogP contribution < -0.4 is 9.47 Å². The average molecular weight is 617 g/mol. The number of aromatic nitrogens is 2. The number of imidazole rings is 1. The smallest absolute Gasteiger partial charge is 0.181 e. The highest BCUT2D eigenvalue weighted by molar-refractivity contribution is 5.89. The lowest BCUT2D eigenvalue weighted by Crippen LogP contribution is -2.28. The van der Waals surface area contributed by atoms with Gasteiger partial charge in [-0.3, -0.25) is 4.57 Å². The SMILES string of the molecule is c1ccc(-n2c(-c3cccc4c3Oc3cc5c(cc3O4)C(c3ccccc3)(c3ccccc3)c3ccccc3-5)nc3ccccc32)cc1. The van der Waals surface area contributed by atoms with Crippen molar-refractivity contribution in [1.82, 2.24) is 9.55 Å². The molecule has 0 saturated carbocycles. The molecule has 48 heavy (non-hydrogen) atoms. The van der Waals surface area contributed by atoms with Crippen LogP contribution in [0.5, 0.6) is 23.0 Å². The maximum absolute atomic E-state index is 6.89. The molecule has 0 spiro atoms. The topological polar surface area (TPSA) is 36.3 Å². The van der Waals surface area contributed by atoms with Crippen LogP contribution in [0.4, 0.5) is 0 Å². The van der Waals surface area contributed by atoms with Crippen molar-refractivity contribution in [3.63, 3.8) is 0 Å². The quantitative estimate of drug-likeness (QED) is 0.197. The fraction of sp³-hybridized carbons (Fsp3) is 0.0227. The summed E-state index contributed by atoms with van der Waals surface area (Å²) < 4.78 is 15.9. The number of hydrogen-bond donors (Lipinski definition) is 0. The number of ether oxygens (including phenoxy) is 2. The van der Waals surface area contributed by atoms with Crippen LogP contribution in [0.1, 0.15) is 22.3 Å². The van der Waals surface area contributed by atoms with E-state index >= 15 is 0 Å². The molecule has 0 fully saturated rings. The first-order valence-electron chi connectivity index (χ1n) is 16.2. The lowest BCUT2D eigenvalue weighted by Gasteiger charge is -2.34. The van der Waals surface area contributed by atoms with Gasteiger partial charge in [0.05, 0.1) is 22.0 Å². The zero-order valence-corrected chi connectivity index (χ0v) is 25.9. The molecular formula is C44H28N2O2. The van der Waals surface area contributed by atoms with E-state index in [0.29, 0.717) is 23.0 Å². The predicted octanol–water partition coefficient (Wildman–Crippen LogP) is 11.0. The molecule has 1 aliphatic heterocycles. The summed E-state index contributed by atoms with van der Waals surface area (Å²) in [5, 5.41) is 0. The number of para-hydroxylation sites is 4. The van der Waals surface area contributed by atoms with E-state index in [1.807, 2.05) is 48.5 Å². The zero-order chi connectivity index (χ0) is 31.7. The molecule has 0 bridgehead atoms. The minimum Gasteiger partial charge on any atom is -0.449 e. The third-order valence-corrected chi connectivity index (χ3v) is 9.75. The summed E-state index contributed by atoms with van der Waals surface area (Å²) in [5.74, 6) is 3.49. The second-order valence-corrected chi connectivity index (χ2v) is 12.3. The lowest BCUT2D eigenvalue weighted by atomic mass is 9.67. The molecule has 0 saturated heterocycles. The first kappa shape index (κ1) is 26.8. The van der Waals surface area contributed by atoms with E-state index in [2.05, 4.69) is 126 Å². The van der Waals surface area contributed by atoms with Gasteiger partial charge in [-0.25, -0.2) is 4.98 Å². The molecule has 2 heterocycles. The van der Waals surface area contributed by atoms with Gasteiger partial charge in [-0.1, -0.05) is 121 Å². The Bertz CT molecular complexity index is 2460. The second kappa shape index (κ2) is 10.3. The van der Waals surface area contributed by atoms with Crippen LogP contribution in [0.2, 0.25) is 0 Å². The van der Waals surface area contributed by atoms with Crippen molar-refractivity contribution in [2.45, 2.75) is 5.41 Å². The van der Waals surface area contributed by atoms with Gasteiger partial charge in [0.25, 0.3) is 0 Å². The van der Waals surface area contributed by atoms with Crippen molar-refractivity contribution in [1.29, 1.82) is 0 Å². The molecule has 2 aliphatic rings. The summed E-state index contributed by atoms with van der Waals surface area (Å²) in [7, 11) is 0. The lowest BCUT2D eigenvalue weighted by molar-refractivity contribution is 0.360. The minimum absolute atomic E-state index is 0.518. The molecule has 10 rings (SSSR count). The van der Waals surface area contributed by atoms with Crippen LogP contribution in [0.3, 0.4) is 0 Å². The van der Waals surface area contributed by atoms with Crippen LogP contribution in [0.15, 0.2) is 170 Å². The van der Waals surface area contributed by atoms with Crippen molar-refractivity contribution in [2.75, 3.05) is 0 Å². The Hall–Kier alpha value is -6.39. The van der Waals surface area contributed by atoms with Crippen LogP contribution in [0.25, 0.3) is 39.2 Å². The van der Waals surface area contributed by atoms with E-state index in [9.17, 15) is 0 Å². The summed E-state index contributed by atoms with van der Waals surface area (Å²) in [4.78, 5) is 5.12. The van der Waals surface area contributed by atoms with E-state index < -0.39 is 5.41 Å². The highest BCUT2D eigenvalue weighted by Crippen LogP contribution is 2.60. The maximum Gasteiger partial charge on any atom is 0.181 e. The Labute approximate surface area is 278 Å². The summed E-state index contributed by atoms with van der Waals surface area (Å²) >= 11 is 0. The van der Waals surface area contributed by atoms with Crippen LogP contribution >= 0.6 is 0 Å². The van der Waals surface area contributed by atoms with Gasteiger partial charge in [0.2, 0.25) is 0 Å². The van der Waals surface area contributed by atoms with E-state index in [-0.39, 0.29) is 0 Å². The third-order valence-electron chi connectivity index (χ3n) is 9.75. The molecule has 226 valence electrons. The molecule has 7 aromatic carbocycles. The van der Waals surface area contributed by atoms with Gasteiger partial charge in [-0.2, -0.15) is 0 Å². The predicted molar refractivity (Wildman–Crippen MR) is 190 cm³/mol. The highest BCUT2D eigenvalue weighted by Gasteiger charge is 2.47. The summed E-state index contributed by atoms with van der Waals surface area (Å²) in [6.07, 6.45) is 0. The van der Waals surface area contributed by atoms with Crippen LogP contribution in [-0.4, -0.2) is 9.55 Å². The monoisotopic (exact) mass is 616 g/mol. The Kier molecular flexibility index (Phi) is 5.75. The van der Waals surface area contributed by atoms with Crippen LogP contribution in [0, 0.1) is 0 Å². The number of benzene rings is 7. The van der Waals surface area contributed by atoms with Crippen molar-refractivity contribution >= 4 is 11.0 Å². The first-order valence-corrected chi connectivity index (χ1v) is 16.2. The highest BCUT2D eigenvalue weighted by atomic mass is 16.6. The van der Waals surface area contributed by atoms with Crippen molar-refractivity contribution in [3.8, 4) is 51.2 Å². The van der Waals surface area contributed by atoms with E-state index in [4.69, 9.17) is 14.5 Å². The van der Waals surface area contributed by atoms with Crippen molar-refractivity contribution in [2.24, 2.45) is 0 Å². The number of fused-ring (bicyclic) bond motifs is 6. The Morgan fingerprint density at radius 3 is 1.85 bits per heavy atom. The normalized spacial score (nSPS) is 13.5. The largest absolute Gasteiger partial charge is 0.449 e. The Morgan fingerprint density at radius 1 is 0.458 bits per heavy atom. The first-order chi connectivity index (χ1) is 23.8. The molecule has 0 amide bonds. The molecular weight excluding hydrogens is 588 g/mol. The molecule has 0 radical (unpaired) electrons. The van der Waals surface area contributed by atoms with Crippen molar-refractivity contribution in [3.05, 3.63) is 192 Å². The van der Waals surface area contributed by atoms with E-state index in [0.717, 1.165) is 33.7 Å². The van der Waals surface area contributed by atoms with Gasteiger partial charge in [-0.05, 0) is 81.9 Å². The minimum atomic E-state index is -0.518. The van der Waals surface area contributed by atoms with Gasteiger partial charge in [-0.15, -0.1) is 0 Å². The summed E-state index contributed by atoms with van der Waals surface area (Å²) in [5.41, 5.74) is 10.5. The molecule has 4 nitrogen and oxygen atoms in total. The van der Waals surface area contributed by atoms with Gasteiger partial charge in [0.1, 0.15) is 5.82 Å². The zero-order valence-electron chi connectivity index (χ0n) is 25.9. The van der Waals surface area contributed by atoms with Gasteiger partial charge in [0.15, 0.2) is 23.0 Å². The Balaban J connectivity index is 1.18. The fourth-order valence-corrected chi connectivity index (χ4v) is 7.76. The van der Waals surface area contributed by atoms with Gasteiger partial charge < -0.3 is 9.47 Å². The molecule has 8 aromatic rings. The molecule has 1 aromatic heterocycles. The summed E-state index contributed by atoms with van der Waals surface area (Å²) in [6, 6.07) is 59.3. The second-order valence-electron chi connectivity index (χ2n) is 12.3. The van der Waals surface area contributed by atoms with Gasteiger partial charge >= 0.3 is 0 Å². The molecule has 0 unspecified atom stereocenters. The molecule has 0 atom stereocenters. The fourth-order valence-electron chi connectivity index (χ4n) is 7.76. The average Bonchev–Trinajstić information content (AvgIpc) is 3.68. The van der Waals surface area contributed by atoms with Crippen molar-refractivity contribution < 1.29 is 9.47 Å². The maximum atomic E-state index is 6.89.